The van der Waals surface area contributed by atoms with Crippen LogP contribution in [-0.2, 0) is 0 Å². The molecule has 0 N–H and O–H groups in total. The molecule has 0 fully saturated rings. The third kappa shape index (κ3) is 0.570. The summed E-state index contributed by atoms with van der Waals surface area (Å²) in [5.74, 6) is 0. The predicted molar refractivity (Wildman–Crippen MR) is 33.3 cm³/mol. The van der Waals surface area contributed by atoms with Crippen molar-refractivity contribution in [2.75, 3.05) is 0 Å². The molecular formula is C5H5N5. The maximum atomic E-state index is 3.95. The molecule has 0 amide bonds. The van der Waals surface area contributed by atoms with E-state index in [1.807, 2.05) is 6.92 Å². The fraction of sp³-hybridized carbons (Fsp3) is 0.200. The van der Waals surface area contributed by atoms with Crippen LogP contribution in [0.15, 0.2) is 12.7 Å². The van der Waals surface area contributed by atoms with Crippen LogP contribution in [0, 0.1) is 6.92 Å². The Labute approximate surface area is 56.7 Å². The lowest BCUT2D eigenvalue weighted by Gasteiger charge is -1.90. The van der Waals surface area contributed by atoms with E-state index < -0.39 is 0 Å². The smallest absolute Gasteiger partial charge is 0.198 e. The highest BCUT2D eigenvalue weighted by Crippen LogP contribution is 1.97. The summed E-state index contributed by atoms with van der Waals surface area (Å²) in [6, 6.07) is 0. The van der Waals surface area contributed by atoms with Gasteiger partial charge in [-0.1, -0.05) is 0 Å². The van der Waals surface area contributed by atoms with Crippen molar-refractivity contribution in [2.24, 2.45) is 0 Å². The van der Waals surface area contributed by atoms with Crippen LogP contribution in [0.25, 0.3) is 5.65 Å². The zero-order valence-electron chi connectivity index (χ0n) is 5.39. The normalized spacial score (nSPS) is 10.5. The van der Waals surface area contributed by atoms with Gasteiger partial charge in [0.1, 0.15) is 12.7 Å². The van der Waals surface area contributed by atoms with Gasteiger partial charge in [0, 0.05) is 0 Å². The molecule has 0 spiro atoms. The Bertz CT molecular complexity index is 352. The quantitative estimate of drug-likeness (QED) is 0.503. The molecule has 2 heterocycles. The molecule has 10 heavy (non-hydrogen) atoms. The summed E-state index contributed by atoms with van der Waals surface area (Å²) in [6.07, 6.45) is 3.02. The standard InChI is InChI=1S/C5H5N5/c1-4-5-9-7-3-10(5)8-2-6-4/h2-3H,1H3. The molecule has 0 atom stereocenters. The summed E-state index contributed by atoms with van der Waals surface area (Å²) in [4.78, 5) is 3.95. The van der Waals surface area contributed by atoms with Crippen LogP contribution in [-0.4, -0.2) is 24.8 Å². The summed E-state index contributed by atoms with van der Waals surface area (Å²) in [5.41, 5.74) is 1.55. The SMILES string of the molecule is Cc1ncnn2cnnc12. The highest BCUT2D eigenvalue weighted by Gasteiger charge is 1.97. The van der Waals surface area contributed by atoms with Gasteiger partial charge in [-0.2, -0.15) is 9.61 Å². The molecule has 0 unspecified atom stereocenters. The van der Waals surface area contributed by atoms with Crippen molar-refractivity contribution in [1.29, 1.82) is 0 Å². The molecule has 0 radical (unpaired) electrons. The molecule has 50 valence electrons. The second-order valence-corrected chi connectivity index (χ2v) is 1.94. The van der Waals surface area contributed by atoms with Crippen molar-refractivity contribution in [2.45, 2.75) is 6.92 Å². The largest absolute Gasteiger partial charge is 0.236 e. The fourth-order valence-electron chi connectivity index (χ4n) is 0.778. The van der Waals surface area contributed by atoms with E-state index in [2.05, 4.69) is 20.3 Å². The zero-order valence-corrected chi connectivity index (χ0v) is 5.39. The van der Waals surface area contributed by atoms with E-state index >= 15 is 0 Å². The van der Waals surface area contributed by atoms with Gasteiger partial charge in [-0.15, -0.1) is 10.2 Å². The van der Waals surface area contributed by atoms with Gasteiger partial charge in [-0.05, 0) is 6.92 Å². The summed E-state index contributed by atoms with van der Waals surface area (Å²) < 4.78 is 1.59. The first-order valence-electron chi connectivity index (χ1n) is 2.85. The fourth-order valence-corrected chi connectivity index (χ4v) is 0.778. The molecule has 0 saturated carbocycles. The Balaban J connectivity index is 2.95. The minimum absolute atomic E-state index is 0.711. The minimum atomic E-state index is 0.711. The molecular weight excluding hydrogens is 130 g/mol. The van der Waals surface area contributed by atoms with Crippen LogP contribution in [0.2, 0.25) is 0 Å². The average Bonchev–Trinajstić information content (AvgIpc) is 2.36. The lowest BCUT2D eigenvalue weighted by Crippen LogP contribution is -1.94. The number of nitrogens with zero attached hydrogens (tertiary/aromatic N) is 5. The van der Waals surface area contributed by atoms with Crippen LogP contribution < -0.4 is 0 Å². The van der Waals surface area contributed by atoms with Crippen LogP contribution in [0.5, 0.6) is 0 Å². The van der Waals surface area contributed by atoms with Crippen molar-refractivity contribution in [3.63, 3.8) is 0 Å². The predicted octanol–water partition coefficient (Wildman–Crippen LogP) is -0.172. The molecule has 0 saturated heterocycles. The Kier molecular flexibility index (Phi) is 0.913. The molecule has 0 aliphatic heterocycles. The minimum Gasteiger partial charge on any atom is -0.236 e. The van der Waals surface area contributed by atoms with Gasteiger partial charge in [0.15, 0.2) is 5.65 Å². The second-order valence-electron chi connectivity index (χ2n) is 1.94. The van der Waals surface area contributed by atoms with Crippen LogP contribution in [0.1, 0.15) is 5.69 Å². The number of hydrogen-bond acceptors (Lipinski definition) is 4. The van der Waals surface area contributed by atoms with E-state index in [-0.39, 0.29) is 0 Å². The summed E-state index contributed by atoms with van der Waals surface area (Å²) in [5, 5.41) is 11.4. The second kappa shape index (κ2) is 1.73. The zero-order chi connectivity index (χ0) is 6.97. The molecule has 0 aromatic carbocycles. The first-order chi connectivity index (χ1) is 4.88. The third-order valence-corrected chi connectivity index (χ3v) is 1.28. The van der Waals surface area contributed by atoms with E-state index in [9.17, 15) is 0 Å². The van der Waals surface area contributed by atoms with Crippen molar-refractivity contribution >= 4 is 5.65 Å². The van der Waals surface area contributed by atoms with Gasteiger partial charge < -0.3 is 0 Å². The highest BCUT2D eigenvalue weighted by atomic mass is 15.3. The molecule has 2 aromatic rings. The molecule has 2 aromatic heterocycles. The van der Waals surface area contributed by atoms with Crippen LogP contribution in [0.4, 0.5) is 0 Å². The van der Waals surface area contributed by atoms with Crippen molar-refractivity contribution in [1.82, 2.24) is 24.8 Å². The van der Waals surface area contributed by atoms with E-state index in [1.54, 1.807) is 10.8 Å². The lowest BCUT2D eigenvalue weighted by atomic mass is 10.5. The molecule has 5 nitrogen and oxygen atoms in total. The monoisotopic (exact) mass is 135 g/mol. The van der Waals surface area contributed by atoms with Crippen molar-refractivity contribution in [3.05, 3.63) is 18.3 Å². The van der Waals surface area contributed by atoms with Gasteiger partial charge >= 0.3 is 0 Å². The summed E-state index contributed by atoms with van der Waals surface area (Å²) in [7, 11) is 0. The molecule has 0 bridgehead atoms. The molecule has 0 aliphatic rings. The maximum Gasteiger partial charge on any atom is 0.198 e. The van der Waals surface area contributed by atoms with E-state index in [1.165, 1.54) is 6.33 Å². The maximum absolute atomic E-state index is 3.95. The Morgan fingerprint density at radius 2 is 2.40 bits per heavy atom. The van der Waals surface area contributed by atoms with Gasteiger partial charge in [-0.25, -0.2) is 4.98 Å². The van der Waals surface area contributed by atoms with Crippen LogP contribution >= 0.6 is 0 Å². The Morgan fingerprint density at radius 3 is 3.20 bits per heavy atom. The lowest BCUT2D eigenvalue weighted by molar-refractivity contribution is 0.877. The van der Waals surface area contributed by atoms with E-state index in [0.717, 1.165) is 5.69 Å². The molecule has 5 heteroatoms. The van der Waals surface area contributed by atoms with Gasteiger partial charge in [0.25, 0.3) is 0 Å². The first kappa shape index (κ1) is 5.28. The van der Waals surface area contributed by atoms with Crippen molar-refractivity contribution < 1.29 is 0 Å². The van der Waals surface area contributed by atoms with E-state index in [4.69, 9.17) is 0 Å². The highest BCUT2D eigenvalue weighted by molar-refractivity contribution is 5.38. The van der Waals surface area contributed by atoms with Gasteiger partial charge in [0.05, 0.1) is 5.69 Å². The van der Waals surface area contributed by atoms with Crippen LogP contribution in [0.3, 0.4) is 0 Å². The summed E-state index contributed by atoms with van der Waals surface area (Å²) >= 11 is 0. The molecule has 0 aliphatic carbocycles. The number of rotatable bonds is 0. The first-order valence-corrected chi connectivity index (χ1v) is 2.85. The number of fused-ring (bicyclic) bond motifs is 1. The Morgan fingerprint density at radius 1 is 1.50 bits per heavy atom. The Hall–Kier alpha value is -1.52. The van der Waals surface area contributed by atoms with E-state index in [0.29, 0.717) is 5.65 Å². The number of hydrogen-bond donors (Lipinski definition) is 0. The molecule has 2 rings (SSSR count). The van der Waals surface area contributed by atoms with Crippen molar-refractivity contribution in [3.8, 4) is 0 Å². The third-order valence-electron chi connectivity index (χ3n) is 1.28. The topological polar surface area (TPSA) is 56.0 Å². The van der Waals surface area contributed by atoms with Gasteiger partial charge in [0.2, 0.25) is 0 Å². The van der Waals surface area contributed by atoms with Gasteiger partial charge in [-0.3, -0.25) is 0 Å². The average molecular weight is 135 g/mol. The number of aryl methyl sites for hydroxylation is 1. The summed E-state index contributed by atoms with van der Waals surface area (Å²) in [6.45, 7) is 1.87. The number of aromatic nitrogens is 5.